The minimum absolute atomic E-state index is 0.646. The zero-order valence-corrected chi connectivity index (χ0v) is 10.3. The van der Waals surface area contributed by atoms with E-state index in [9.17, 15) is 0 Å². The highest BCUT2D eigenvalue weighted by Crippen LogP contribution is 2.10. The third kappa shape index (κ3) is 2.44. The molecule has 6 heteroatoms. The fourth-order valence-corrected chi connectivity index (χ4v) is 1.92. The molecule has 16 heavy (non-hydrogen) atoms. The second-order valence-corrected chi connectivity index (χ2v) is 4.51. The number of anilines is 1. The average Bonchev–Trinajstić information content (AvgIpc) is 2.72. The Kier molecular flexibility index (Phi) is 3.61. The lowest BCUT2D eigenvalue weighted by Crippen LogP contribution is -2.08. The van der Waals surface area contributed by atoms with Crippen molar-refractivity contribution in [1.82, 2.24) is 19.6 Å². The van der Waals surface area contributed by atoms with Crippen LogP contribution in [0.4, 0.5) is 5.82 Å². The van der Waals surface area contributed by atoms with E-state index >= 15 is 0 Å². The zero-order valence-electron chi connectivity index (χ0n) is 9.47. The first-order valence-corrected chi connectivity index (χ1v) is 6.61. The molecule has 0 fully saturated rings. The minimum atomic E-state index is 0.646. The molecule has 0 saturated heterocycles. The molecular formula is C10H15N5S. The van der Waals surface area contributed by atoms with E-state index in [1.807, 2.05) is 24.8 Å². The van der Waals surface area contributed by atoms with E-state index in [0.717, 1.165) is 30.2 Å². The topological polar surface area (TPSA) is 55.1 Å². The van der Waals surface area contributed by atoms with Gasteiger partial charge in [-0.1, -0.05) is 0 Å². The minimum Gasteiger partial charge on any atom is -0.370 e. The van der Waals surface area contributed by atoms with Crippen LogP contribution in [0.1, 0.15) is 12.1 Å². The van der Waals surface area contributed by atoms with E-state index in [1.165, 1.54) is 6.33 Å². The lowest BCUT2D eigenvalue weighted by Gasteiger charge is -2.07. The summed E-state index contributed by atoms with van der Waals surface area (Å²) in [5, 5.41) is 7.49. The smallest absolute Gasteiger partial charge is 0.254 e. The maximum absolute atomic E-state index is 4.29. The van der Waals surface area contributed by atoms with Crippen LogP contribution in [0.2, 0.25) is 0 Å². The number of hydrogen-bond acceptors (Lipinski definition) is 5. The molecule has 0 spiro atoms. The maximum atomic E-state index is 4.29. The number of fused-ring (bicyclic) bond motifs is 1. The van der Waals surface area contributed by atoms with Crippen molar-refractivity contribution in [3.63, 3.8) is 0 Å². The van der Waals surface area contributed by atoms with Gasteiger partial charge >= 0.3 is 0 Å². The highest BCUT2D eigenvalue weighted by Gasteiger charge is 2.04. The van der Waals surface area contributed by atoms with Gasteiger partial charge in [-0.05, 0) is 25.4 Å². The van der Waals surface area contributed by atoms with Crippen LogP contribution in [0, 0.1) is 6.92 Å². The fraction of sp³-hybridized carbons (Fsp3) is 0.500. The van der Waals surface area contributed by atoms with Crippen LogP contribution in [-0.2, 0) is 0 Å². The van der Waals surface area contributed by atoms with E-state index in [0.29, 0.717) is 5.78 Å². The van der Waals surface area contributed by atoms with Crippen LogP contribution in [0.25, 0.3) is 5.78 Å². The van der Waals surface area contributed by atoms with Gasteiger partial charge in [-0.3, -0.25) is 0 Å². The third-order valence-corrected chi connectivity index (χ3v) is 2.91. The molecule has 2 aromatic rings. The number of aromatic nitrogens is 4. The van der Waals surface area contributed by atoms with E-state index in [-0.39, 0.29) is 0 Å². The predicted octanol–water partition coefficient (Wildman–Crippen LogP) is 1.60. The average molecular weight is 237 g/mol. The quantitative estimate of drug-likeness (QED) is 0.800. The molecule has 1 N–H and O–H groups in total. The maximum Gasteiger partial charge on any atom is 0.254 e. The Morgan fingerprint density at radius 1 is 1.50 bits per heavy atom. The van der Waals surface area contributed by atoms with Crippen molar-refractivity contribution in [2.75, 3.05) is 23.9 Å². The predicted molar refractivity (Wildman–Crippen MR) is 67.0 cm³/mol. The molecule has 2 rings (SSSR count). The van der Waals surface area contributed by atoms with Gasteiger partial charge in [0.2, 0.25) is 0 Å². The van der Waals surface area contributed by atoms with Crippen molar-refractivity contribution in [2.24, 2.45) is 0 Å². The van der Waals surface area contributed by atoms with E-state index in [4.69, 9.17) is 0 Å². The molecule has 0 aliphatic heterocycles. The number of nitrogens with one attached hydrogen (secondary N) is 1. The molecule has 2 heterocycles. The van der Waals surface area contributed by atoms with Crippen LogP contribution >= 0.6 is 11.8 Å². The number of thioether (sulfide) groups is 1. The molecular weight excluding hydrogens is 222 g/mol. The lowest BCUT2D eigenvalue weighted by atomic mass is 10.4. The highest BCUT2D eigenvalue weighted by molar-refractivity contribution is 7.98. The lowest BCUT2D eigenvalue weighted by molar-refractivity contribution is 0.900. The largest absolute Gasteiger partial charge is 0.370 e. The van der Waals surface area contributed by atoms with Gasteiger partial charge in [0.1, 0.15) is 12.1 Å². The summed E-state index contributed by atoms with van der Waals surface area (Å²) in [6.45, 7) is 2.90. The molecule has 0 amide bonds. The van der Waals surface area contributed by atoms with Crippen LogP contribution in [-0.4, -0.2) is 38.1 Å². The fourth-order valence-electron chi connectivity index (χ4n) is 1.49. The van der Waals surface area contributed by atoms with Crippen molar-refractivity contribution in [2.45, 2.75) is 13.3 Å². The van der Waals surface area contributed by atoms with Crippen LogP contribution < -0.4 is 5.32 Å². The SMILES string of the molecule is CSCCCNc1cc(C)nc2ncnn12. The molecule has 0 aliphatic carbocycles. The van der Waals surface area contributed by atoms with Gasteiger partial charge in [-0.2, -0.15) is 26.4 Å². The molecule has 0 aromatic carbocycles. The van der Waals surface area contributed by atoms with Gasteiger partial charge in [0, 0.05) is 18.3 Å². The molecule has 0 radical (unpaired) electrons. The van der Waals surface area contributed by atoms with Crippen molar-refractivity contribution in [3.05, 3.63) is 18.1 Å². The summed E-state index contributed by atoms with van der Waals surface area (Å²) < 4.78 is 1.73. The number of hydrogen-bond donors (Lipinski definition) is 1. The van der Waals surface area contributed by atoms with Crippen molar-refractivity contribution in [1.29, 1.82) is 0 Å². The number of aryl methyl sites for hydroxylation is 1. The van der Waals surface area contributed by atoms with Crippen molar-refractivity contribution < 1.29 is 0 Å². The summed E-state index contributed by atoms with van der Waals surface area (Å²) in [6.07, 6.45) is 4.78. The molecule has 0 bridgehead atoms. The van der Waals surface area contributed by atoms with Crippen molar-refractivity contribution >= 4 is 23.4 Å². The summed E-state index contributed by atoms with van der Waals surface area (Å²) in [4.78, 5) is 8.37. The van der Waals surface area contributed by atoms with Gasteiger partial charge in [0.05, 0.1) is 0 Å². The van der Waals surface area contributed by atoms with Gasteiger partial charge in [0.25, 0.3) is 5.78 Å². The normalized spacial score (nSPS) is 10.9. The highest BCUT2D eigenvalue weighted by atomic mass is 32.2. The van der Waals surface area contributed by atoms with Crippen LogP contribution in [0.15, 0.2) is 12.4 Å². The van der Waals surface area contributed by atoms with Gasteiger partial charge in [-0.15, -0.1) is 0 Å². The Hall–Kier alpha value is -1.30. The summed E-state index contributed by atoms with van der Waals surface area (Å²) in [5.41, 5.74) is 0.952. The van der Waals surface area contributed by atoms with Gasteiger partial charge < -0.3 is 5.32 Å². The van der Waals surface area contributed by atoms with E-state index in [1.54, 1.807) is 4.52 Å². The molecule has 86 valence electrons. The Labute approximate surface area is 98.7 Å². The Morgan fingerprint density at radius 2 is 2.38 bits per heavy atom. The Bertz CT molecular complexity index is 467. The first-order chi connectivity index (χ1) is 7.81. The molecule has 0 aliphatic rings. The van der Waals surface area contributed by atoms with Gasteiger partial charge in [-0.25, -0.2) is 4.98 Å². The van der Waals surface area contributed by atoms with Crippen LogP contribution in [0.3, 0.4) is 0 Å². The summed E-state index contributed by atoms with van der Waals surface area (Å²) in [6, 6.07) is 1.99. The van der Waals surface area contributed by atoms with Gasteiger partial charge in [0.15, 0.2) is 0 Å². The molecule has 5 nitrogen and oxygen atoms in total. The molecule has 2 aromatic heterocycles. The zero-order chi connectivity index (χ0) is 11.4. The Morgan fingerprint density at radius 3 is 3.19 bits per heavy atom. The third-order valence-electron chi connectivity index (χ3n) is 2.21. The molecule has 0 saturated carbocycles. The second kappa shape index (κ2) is 5.16. The summed E-state index contributed by atoms with van der Waals surface area (Å²) >= 11 is 1.86. The first-order valence-electron chi connectivity index (χ1n) is 5.21. The number of rotatable bonds is 5. The number of nitrogens with zero attached hydrogens (tertiary/aromatic N) is 4. The second-order valence-electron chi connectivity index (χ2n) is 3.53. The Balaban J connectivity index is 2.12. The molecule has 0 atom stereocenters. The van der Waals surface area contributed by atoms with E-state index < -0.39 is 0 Å². The molecule has 0 unspecified atom stereocenters. The van der Waals surface area contributed by atoms with Crippen LogP contribution in [0.5, 0.6) is 0 Å². The summed E-state index contributed by atoms with van der Waals surface area (Å²) in [7, 11) is 0. The standard InChI is InChI=1S/C10H15N5S/c1-8-6-9(11-4-3-5-16-2)15-10(14-8)12-7-13-15/h6-7,11H,3-5H2,1-2H3. The monoisotopic (exact) mass is 237 g/mol. The van der Waals surface area contributed by atoms with E-state index in [2.05, 4.69) is 26.6 Å². The van der Waals surface area contributed by atoms with Crippen molar-refractivity contribution in [3.8, 4) is 0 Å². The first kappa shape index (κ1) is 11.2. The summed E-state index contributed by atoms with van der Waals surface area (Å²) in [5.74, 6) is 2.77.